The summed E-state index contributed by atoms with van der Waals surface area (Å²) in [5.74, 6) is -0.784. The quantitative estimate of drug-likeness (QED) is 0.887. The van der Waals surface area contributed by atoms with E-state index in [9.17, 15) is 12.8 Å². The number of hydrogen-bond donors (Lipinski definition) is 1. The zero-order chi connectivity index (χ0) is 14.0. The second kappa shape index (κ2) is 5.14. The van der Waals surface area contributed by atoms with Gasteiger partial charge in [0.25, 0.3) is 10.0 Å². The van der Waals surface area contributed by atoms with Gasteiger partial charge < -0.3 is 0 Å². The van der Waals surface area contributed by atoms with E-state index in [1.54, 1.807) is 13.0 Å². The highest BCUT2D eigenvalue weighted by molar-refractivity contribution is 7.92. The van der Waals surface area contributed by atoms with Gasteiger partial charge in [-0.25, -0.2) is 17.8 Å². The maximum atomic E-state index is 13.6. The van der Waals surface area contributed by atoms with Crippen molar-refractivity contribution in [3.05, 3.63) is 52.9 Å². The fourth-order valence-corrected chi connectivity index (χ4v) is 2.80. The first-order valence-electron chi connectivity index (χ1n) is 5.30. The Morgan fingerprint density at radius 2 is 2.00 bits per heavy atom. The van der Waals surface area contributed by atoms with Gasteiger partial charge in [-0.1, -0.05) is 23.7 Å². The van der Waals surface area contributed by atoms with E-state index in [0.717, 1.165) is 6.07 Å². The Morgan fingerprint density at radius 1 is 1.26 bits per heavy atom. The van der Waals surface area contributed by atoms with Gasteiger partial charge in [-0.3, -0.25) is 4.72 Å². The van der Waals surface area contributed by atoms with Crippen LogP contribution >= 0.6 is 11.6 Å². The summed E-state index contributed by atoms with van der Waals surface area (Å²) in [6.45, 7) is 1.68. The third kappa shape index (κ3) is 3.21. The van der Waals surface area contributed by atoms with Crippen molar-refractivity contribution < 1.29 is 12.8 Å². The van der Waals surface area contributed by atoms with Crippen LogP contribution in [0.5, 0.6) is 0 Å². The number of nitrogens with zero attached hydrogens (tertiary/aromatic N) is 1. The summed E-state index contributed by atoms with van der Waals surface area (Å²) in [5.41, 5.74) is 0.640. The number of pyridine rings is 1. The Balaban J connectivity index is 2.40. The molecule has 0 aliphatic carbocycles. The Kier molecular flexibility index (Phi) is 3.73. The molecular weight excluding hydrogens is 291 g/mol. The summed E-state index contributed by atoms with van der Waals surface area (Å²) in [6, 6.07) is 8.33. The number of benzene rings is 1. The summed E-state index contributed by atoms with van der Waals surface area (Å²) in [6.07, 6.45) is 0. The van der Waals surface area contributed by atoms with Crippen molar-refractivity contribution in [1.29, 1.82) is 0 Å². The lowest BCUT2D eigenvalue weighted by molar-refractivity contribution is 0.569. The minimum absolute atomic E-state index is 0.0356. The molecule has 1 N–H and O–H groups in total. The number of halogens is 2. The van der Waals surface area contributed by atoms with Gasteiger partial charge in [-0.2, -0.15) is 0 Å². The van der Waals surface area contributed by atoms with E-state index >= 15 is 0 Å². The van der Waals surface area contributed by atoms with E-state index in [1.165, 1.54) is 24.3 Å². The number of aryl methyl sites for hydroxylation is 1. The first kappa shape index (κ1) is 13.8. The standard InChI is InChI=1S/C12H10ClFN2O2S/c1-8-5-6-9(14)10(7-8)19(17,18)16-12-4-2-3-11(13)15-12/h2-7H,1H3,(H,15,16). The minimum atomic E-state index is -4.03. The van der Waals surface area contributed by atoms with Crippen LogP contribution < -0.4 is 4.72 Å². The van der Waals surface area contributed by atoms with Gasteiger partial charge in [0.05, 0.1) is 0 Å². The molecule has 0 saturated carbocycles. The second-order valence-electron chi connectivity index (χ2n) is 3.88. The lowest BCUT2D eigenvalue weighted by atomic mass is 10.2. The minimum Gasteiger partial charge on any atom is -0.263 e. The number of hydrogen-bond acceptors (Lipinski definition) is 3. The summed E-state index contributed by atoms with van der Waals surface area (Å²) < 4.78 is 39.9. The lowest BCUT2D eigenvalue weighted by Gasteiger charge is -2.09. The first-order chi connectivity index (χ1) is 8.88. The summed E-state index contributed by atoms with van der Waals surface area (Å²) in [5, 5.41) is 0.143. The van der Waals surface area contributed by atoms with Crippen molar-refractivity contribution in [1.82, 2.24) is 4.98 Å². The summed E-state index contributed by atoms with van der Waals surface area (Å²) in [4.78, 5) is 3.37. The van der Waals surface area contributed by atoms with Gasteiger partial charge >= 0.3 is 0 Å². The van der Waals surface area contributed by atoms with Gasteiger partial charge in [-0.05, 0) is 36.8 Å². The van der Waals surface area contributed by atoms with E-state index in [0.29, 0.717) is 5.56 Å². The lowest BCUT2D eigenvalue weighted by Crippen LogP contribution is -2.15. The second-order valence-corrected chi connectivity index (χ2v) is 5.92. The maximum Gasteiger partial charge on any atom is 0.265 e. The van der Waals surface area contributed by atoms with Gasteiger partial charge in [0.15, 0.2) is 0 Å². The zero-order valence-corrected chi connectivity index (χ0v) is 11.5. The number of sulfonamides is 1. The molecule has 19 heavy (non-hydrogen) atoms. The van der Waals surface area contributed by atoms with Crippen LogP contribution in [0.3, 0.4) is 0 Å². The molecule has 4 nitrogen and oxygen atoms in total. The van der Waals surface area contributed by atoms with Crippen LogP contribution in [0.15, 0.2) is 41.3 Å². The SMILES string of the molecule is Cc1ccc(F)c(S(=O)(=O)Nc2cccc(Cl)n2)c1. The predicted octanol–water partition coefficient (Wildman–Crippen LogP) is 2.98. The fourth-order valence-electron chi connectivity index (χ4n) is 1.47. The number of rotatable bonds is 3. The highest BCUT2D eigenvalue weighted by Crippen LogP contribution is 2.19. The molecule has 0 aliphatic heterocycles. The van der Waals surface area contributed by atoms with Crippen molar-refractivity contribution in [2.75, 3.05) is 4.72 Å². The van der Waals surface area contributed by atoms with E-state index in [-0.39, 0.29) is 11.0 Å². The van der Waals surface area contributed by atoms with E-state index in [4.69, 9.17) is 11.6 Å². The highest BCUT2D eigenvalue weighted by atomic mass is 35.5. The average Bonchev–Trinajstić information content (AvgIpc) is 2.31. The molecule has 100 valence electrons. The molecule has 0 spiro atoms. The van der Waals surface area contributed by atoms with Crippen molar-refractivity contribution >= 4 is 27.4 Å². The van der Waals surface area contributed by atoms with Crippen LogP contribution in [0.4, 0.5) is 10.2 Å². The normalized spacial score (nSPS) is 11.3. The maximum absolute atomic E-state index is 13.6. The van der Waals surface area contributed by atoms with Gasteiger partial charge in [0, 0.05) is 0 Å². The molecule has 0 unspecified atom stereocenters. The van der Waals surface area contributed by atoms with Gasteiger partial charge in [0.1, 0.15) is 21.7 Å². The molecule has 0 saturated heterocycles. The monoisotopic (exact) mass is 300 g/mol. The molecule has 2 aromatic rings. The molecule has 0 amide bonds. The van der Waals surface area contributed by atoms with Crippen LogP contribution in [0.2, 0.25) is 5.15 Å². The third-order valence-corrected chi connectivity index (χ3v) is 3.91. The molecule has 0 fully saturated rings. The molecular formula is C12H10ClFN2O2S. The van der Waals surface area contributed by atoms with Crippen molar-refractivity contribution in [3.63, 3.8) is 0 Å². The van der Waals surface area contributed by atoms with Crippen molar-refractivity contribution in [2.45, 2.75) is 11.8 Å². The van der Waals surface area contributed by atoms with Gasteiger partial charge in [-0.15, -0.1) is 0 Å². The Bertz CT molecular complexity index is 719. The van der Waals surface area contributed by atoms with Crippen LogP contribution in [-0.4, -0.2) is 13.4 Å². The molecule has 1 heterocycles. The van der Waals surface area contributed by atoms with E-state index in [2.05, 4.69) is 9.71 Å². The van der Waals surface area contributed by atoms with Crippen LogP contribution in [0, 0.1) is 12.7 Å². The van der Waals surface area contributed by atoms with Crippen LogP contribution in [0.25, 0.3) is 0 Å². The molecule has 0 radical (unpaired) electrons. The smallest absolute Gasteiger partial charge is 0.263 e. The predicted molar refractivity (Wildman–Crippen MR) is 71.2 cm³/mol. The molecule has 0 aliphatic rings. The number of nitrogens with one attached hydrogen (secondary N) is 1. The fraction of sp³-hybridized carbons (Fsp3) is 0.0833. The molecule has 7 heteroatoms. The van der Waals surface area contributed by atoms with E-state index in [1.807, 2.05) is 0 Å². The number of aromatic nitrogens is 1. The molecule has 1 aromatic carbocycles. The topological polar surface area (TPSA) is 59.1 Å². The third-order valence-electron chi connectivity index (χ3n) is 2.33. The first-order valence-corrected chi connectivity index (χ1v) is 7.16. The van der Waals surface area contributed by atoms with Crippen LogP contribution in [-0.2, 0) is 10.0 Å². The van der Waals surface area contributed by atoms with Crippen LogP contribution in [0.1, 0.15) is 5.56 Å². The molecule has 1 aromatic heterocycles. The Hall–Kier alpha value is -1.66. The summed E-state index contributed by atoms with van der Waals surface area (Å²) in [7, 11) is -4.03. The summed E-state index contributed by atoms with van der Waals surface area (Å²) >= 11 is 5.66. The Morgan fingerprint density at radius 3 is 2.68 bits per heavy atom. The molecule has 0 atom stereocenters. The molecule has 0 bridgehead atoms. The average molecular weight is 301 g/mol. The van der Waals surface area contributed by atoms with Crippen molar-refractivity contribution in [2.24, 2.45) is 0 Å². The Labute approximate surface area is 115 Å². The van der Waals surface area contributed by atoms with E-state index < -0.39 is 20.7 Å². The van der Waals surface area contributed by atoms with Crippen molar-refractivity contribution in [3.8, 4) is 0 Å². The zero-order valence-electron chi connectivity index (χ0n) is 9.89. The molecule has 2 rings (SSSR count). The highest BCUT2D eigenvalue weighted by Gasteiger charge is 2.19. The largest absolute Gasteiger partial charge is 0.265 e. The van der Waals surface area contributed by atoms with Gasteiger partial charge in [0.2, 0.25) is 0 Å². The number of anilines is 1.